The standard InChI is InChI=1S/C16H14N2O2S/c19-13-7-8-21-14(13)16-17-15(18-20-16)12-6-5-10-3-1-2-4-11(10)9-12/h1-4,7-8,12,19H,5-6,9H2. The molecule has 2 heterocycles. The maximum Gasteiger partial charge on any atom is 0.271 e. The van der Waals surface area contributed by atoms with Crippen LogP contribution in [0.5, 0.6) is 5.75 Å². The third kappa shape index (κ3) is 2.23. The molecule has 4 rings (SSSR count). The van der Waals surface area contributed by atoms with Gasteiger partial charge in [-0.2, -0.15) is 4.98 Å². The lowest BCUT2D eigenvalue weighted by Gasteiger charge is -2.21. The number of aromatic nitrogens is 2. The number of fused-ring (bicyclic) bond motifs is 1. The van der Waals surface area contributed by atoms with Gasteiger partial charge in [-0.3, -0.25) is 0 Å². The summed E-state index contributed by atoms with van der Waals surface area (Å²) in [6.45, 7) is 0. The summed E-state index contributed by atoms with van der Waals surface area (Å²) in [4.78, 5) is 5.13. The van der Waals surface area contributed by atoms with Crippen molar-refractivity contribution < 1.29 is 9.63 Å². The van der Waals surface area contributed by atoms with Crippen molar-refractivity contribution in [2.45, 2.75) is 25.2 Å². The SMILES string of the molecule is Oc1ccsc1-c1nc(C2CCc3ccccc3C2)no1. The molecule has 1 atom stereocenters. The maximum absolute atomic E-state index is 9.74. The number of aromatic hydroxyl groups is 1. The molecule has 2 aromatic heterocycles. The van der Waals surface area contributed by atoms with Crippen LogP contribution >= 0.6 is 11.3 Å². The first kappa shape index (κ1) is 12.6. The number of benzene rings is 1. The number of rotatable bonds is 2. The summed E-state index contributed by atoms with van der Waals surface area (Å²) in [7, 11) is 0. The third-order valence-electron chi connectivity index (χ3n) is 3.99. The van der Waals surface area contributed by atoms with Gasteiger partial charge in [-0.05, 0) is 41.8 Å². The minimum atomic E-state index is 0.198. The van der Waals surface area contributed by atoms with Crippen LogP contribution in [0, 0.1) is 0 Å². The van der Waals surface area contributed by atoms with E-state index in [4.69, 9.17) is 4.52 Å². The van der Waals surface area contributed by atoms with E-state index in [2.05, 4.69) is 34.4 Å². The number of thiophene rings is 1. The minimum Gasteiger partial charge on any atom is -0.506 e. The molecule has 0 saturated heterocycles. The van der Waals surface area contributed by atoms with E-state index in [-0.39, 0.29) is 5.75 Å². The lowest BCUT2D eigenvalue weighted by Crippen LogP contribution is -2.13. The highest BCUT2D eigenvalue weighted by molar-refractivity contribution is 7.13. The fourth-order valence-electron chi connectivity index (χ4n) is 2.87. The van der Waals surface area contributed by atoms with Crippen LogP contribution in [0.2, 0.25) is 0 Å². The number of hydrogen-bond donors (Lipinski definition) is 1. The van der Waals surface area contributed by atoms with Gasteiger partial charge < -0.3 is 9.63 Å². The average Bonchev–Trinajstić information content (AvgIpc) is 3.15. The lowest BCUT2D eigenvalue weighted by atomic mass is 9.83. The summed E-state index contributed by atoms with van der Waals surface area (Å²) in [6.07, 6.45) is 3.03. The van der Waals surface area contributed by atoms with E-state index in [1.165, 1.54) is 22.5 Å². The summed E-state index contributed by atoms with van der Waals surface area (Å²) >= 11 is 1.40. The van der Waals surface area contributed by atoms with Crippen LogP contribution in [-0.4, -0.2) is 15.2 Å². The van der Waals surface area contributed by atoms with E-state index in [0.717, 1.165) is 25.1 Å². The van der Waals surface area contributed by atoms with E-state index in [9.17, 15) is 5.11 Å². The monoisotopic (exact) mass is 298 g/mol. The fraction of sp³-hybridized carbons (Fsp3) is 0.250. The zero-order valence-electron chi connectivity index (χ0n) is 11.3. The van der Waals surface area contributed by atoms with Gasteiger partial charge in [0.25, 0.3) is 5.89 Å². The van der Waals surface area contributed by atoms with Crippen molar-refractivity contribution in [2.24, 2.45) is 0 Å². The van der Waals surface area contributed by atoms with Gasteiger partial charge in [-0.1, -0.05) is 29.4 Å². The molecule has 1 N–H and O–H groups in total. The summed E-state index contributed by atoms with van der Waals surface area (Å²) in [5.41, 5.74) is 2.80. The van der Waals surface area contributed by atoms with Crippen LogP contribution in [-0.2, 0) is 12.8 Å². The maximum atomic E-state index is 9.74. The predicted octanol–water partition coefficient (Wildman–Crippen LogP) is 3.78. The quantitative estimate of drug-likeness (QED) is 0.782. The second kappa shape index (κ2) is 5.00. The van der Waals surface area contributed by atoms with Crippen LogP contribution in [0.25, 0.3) is 10.8 Å². The highest BCUT2D eigenvalue weighted by Crippen LogP contribution is 2.36. The predicted molar refractivity (Wildman–Crippen MR) is 80.5 cm³/mol. The Morgan fingerprint density at radius 1 is 1.19 bits per heavy atom. The average molecular weight is 298 g/mol. The summed E-state index contributed by atoms with van der Waals surface area (Å²) in [5, 5.41) is 15.7. The Labute approximate surface area is 126 Å². The van der Waals surface area contributed by atoms with Gasteiger partial charge in [-0.15, -0.1) is 11.3 Å². The van der Waals surface area contributed by atoms with Crippen LogP contribution < -0.4 is 0 Å². The zero-order valence-corrected chi connectivity index (χ0v) is 12.1. The smallest absolute Gasteiger partial charge is 0.271 e. The summed E-state index contributed by atoms with van der Waals surface area (Å²) < 4.78 is 5.32. The van der Waals surface area contributed by atoms with Crippen LogP contribution in [0.1, 0.15) is 29.3 Å². The molecule has 1 aromatic carbocycles. The van der Waals surface area contributed by atoms with Gasteiger partial charge in [0.05, 0.1) is 0 Å². The Hall–Kier alpha value is -2.14. The first-order chi connectivity index (χ1) is 10.3. The summed E-state index contributed by atoms with van der Waals surface area (Å²) in [6, 6.07) is 10.2. The molecule has 21 heavy (non-hydrogen) atoms. The van der Waals surface area contributed by atoms with Gasteiger partial charge in [0.2, 0.25) is 0 Å². The van der Waals surface area contributed by atoms with Gasteiger partial charge in [-0.25, -0.2) is 0 Å². The van der Waals surface area contributed by atoms with E-state index >= 15 is 0 Å². The number of nitrogens with zero attached hydrogens (tertiary/aromatic N) is 2. The molecule has 0 spiro atoms. The molecular formula is C16H14N2O2S. The van der Waals surface area contributed by atoms with E-state index in [0.29, 0.717) is 16.7 Å². The number of aryl methyl sites for hydroxylation is 1. The molecule has 3 aromatic rings. The normalized spacial score (nSPS) is 17.6. The Morgan fingerprint density at radius 2 is 2.05 bits per heavy atom. The van der Waals surface area contributed by atoms with Crippen molar-refractivity contribution in [2.75, 3.05) is 0 Å². The van der Waals surface area contributed by atoms with Crippen molar-refractivity contribution in [1.29, 1.82) is 0 Å². The Balaban J connectivity index is 1.61. The Morgan fingerprint density at radius 3 is 2.86 bits per heavy atom. The van der Waals surface area contributed by atoms with Crippen molar-refractivity contribution in [3.05, 3.63) is 52.7 Å². The van der Waals surface area contributed by atoms with Gasteiger partial charge >= 0.3 is 0 Å². The van der Waals surface area contributed by atoms with Crippen molar-refractivity contribution in [3.63, 3.8) is 0 Å². The van der Waals surface area contributed by atoms with Crippen molar-refractivity contribution in [1.82, 2.24) is 10.1 Å². The molecule has 0 radical (unpaired) electrons. The van der Waals surface area contributed by atoms with Crippen molar-refractivity contribution in [3.8, 4) is 16.5 Å². The Bertz CT molecular complexity index is 778. The molecule has 0 amide bonds. The number of hydrogen-bond acceptors (Lipinski definition) is 5. The van der Waals surface area contributed by atoms with E-state index in [1.807, 2.05) is 5.38 Å². The molecule has 0 saturated carbocycles. The van der Waals surface area contributed by atoms with Gasteiger partial charge in [0, 0.05) is 5.92 Å². The molecule has 0 bridgehead atoms. The second-order valence-electron chi connectivity index (χ2n) is 5.30. The molecule has 5 heteroatoms. The molecule has 1 unspecified atom stereocenters. The van der Waals surface area contributed by atoms with Crippen LogP contribution in [0.4, 0.5) is 0 Å². The molecule has 0 aliphatic heterocycles. The highest BCUT2D eigenvalue weighted by Gasteiger charge is 2.25. The zero-order chi connectivity index (χ0) is 14.2. The minimum absolute atomic E-state index is 0.198. The van der Waals surface area contributed by atoms with Gasteiger partial charge in [0.15, 0.2) is 5.82 Å². The molecular weight excluding hydrogens is 284 g/mol. The largest absolute Gasteiger partial charge is 0.506 e. The molecule has 106 valence electrons. The van der Waals surface area contributed by atoms with E-state index in [1.54, 1.807) is 6.07 Å². The van der Waals surface area contributed by atoms with E-state index < -0.39 is 0 Å². The first-order valence-electron chi connectivity index (χ1n) is 6.98. The molecule has 4 nitrogen and oxygen atoms in total. The molecule has 0 fully saturated rings. The second-order valence-corrected chi connectivity index (χ2v) is 6.22. The van der Waals surface area contributed by atoms with Crippen LogP contribution in [0.15, 0.2) is 40.2 Å². The van der Waals surface area contributed by atoms with Gasteiger partial charge in [0.1, 0.15) is 10.6 Å². The fourth-order valence-corrected chi connectivity index (χ4v) is 3.58. The molecule has 1 aliphatic carbocycles. The highest BCUT2D eigenvalue weighted by atomic mass is 32.1. The first-order valence-corrected chi connectivity index (χ1v) is 7.86. The molecule has 1 aliphatic rings. The Kier molecular flexibility index (Phi) is 3.00. The summed E-state index contributed by atoms with van der Waals surface area (Å²) in [5.74, 6) is 1.65. The van der Waals surface area contributed by atoms with Crippen LogP contribution in [0.3, 0.4) is 0 Å². The third-order valence-corrected chi connectivity index (χ3v) is 4.88. The lowest BCUT2D eigenvalue weighted by molar-refractivity contribution is 0.407. The van der Waals surface area contributed by atoms with Crippen molar-refractivity contribution >= 4 is 11.3 Å². The topological polar surface area (TPSA) is 59.2 Å².